The zero-order valence-electron chi connectivity index (χ0n) is 10.7. The lowest BCUT2D eigenvalue weighted by atomic mass is 10.2. The van der Waals surface area contributed by atoms with E-state index in [1.165, 1.54) is 17.3 Å². The summed E-state index contributed by atoms with van der Waals surface area (Å²) in [7, 11) is 0. The third-order valence-corrected chi connectivity index (χ3v) is 3.12. The molecule has 0 radical (unpaired) electrons. The lowest BCUT2D eigenvalue weighted by molar-refractivity contribution is 0.423. The molecule has 1 aromatic carbocycles. The third-order valence-electron chi connectivity index (χ3n) is 3.12. The molecular formula is C14H21N3. The van der Waals surface area contributed by atoms with Gasteiger partial charge in [0, 0.05) is 11.4 Å². The summed E-state index contributed by atoms with van der Waals surface area (Å²) in [6, 6.07) is 8.88. The van der Waals surface area contributed by atoms with Gasteiger partial charge in [-0.1, -0.05) is 32.0 Å². The summed E-state index contributed by atoms with van der Waals surface area (Å²) < 4.78 is 2.10. The molecule has 0 spiro atoms. The highest BCUT2D eigenvalue weighted by Gasteiger charge is 2.08. The first kappa shape index (κ1) is 12.1. The first-order valence-electron chi connectivity index (χ1n) is 6.49. The van der Waals surface area contributed by atoms with Crippen molar-refractivity contribution < 1.29 is 0 Å². The van der Waals surface area contributed by atoms with E-state index in [0.29, 0.717) is 6.04 Å². The molecular weight excluding hydrogens is 210 g/mol. The van der Waals surface area contributed by atoms with Crippen molar-refractivity contribution in [3.05, 3.63) is 30.5 Å². The Balaban J connectivity index is 2.11. The molecule has 0 amide bonds. The van der Waals surface area contributed by atoms with Gasteiger partial charge in [0.1, 0.15) is 0 Å². The van der Waals surface area contributed by atoms with Crippen molar-refractivity contribution in [1.82, 2.24) is 15.1 Å². The molecule has 1 N–H and O–H groups in total. The van der Waals surface area contributed by atoms with Gasteiger partial charge in [-0.25, -0.2) is 0 Å². The lowest BCUT2D eigenvalue weighted by Gasteiger charge is -2.17. The number of rotatable bonds is 6. The fraction of sp³-hybridized carbons (Fsp3) is 0.500. The van der Waals surface area contributed by atoms with Crippen LogP contribution >= 0.6 is 0 Å². The van der Waals surface area contributed by atoms with Crippen molar-refractivity contribution in [2.24, 2.45) is 0 Å². The van der Waals surface area contributed by atoms with Crippen LogP contribution in [0.2, 0.25) is 0 Å². The highest BCUT2D eigenvalue weighted by atomic mass is 15.3. The average molecular weight is 231 g/mol. The number of nitrogens with zero attached hydrogens (tertiary/aromatic N) is 2. The fourth-order valence-electron chi connectivity index (χ4n) is 2.07. The van der Waals surface area contributed by atoms with Crippen LogP contribution in [0.25, 0.3) is 10.9 Å². The SMILES string of the molecule is CCCNC(CC)Cn1ncc2ccccc21. The molecule has 3 heteroatoms. The van der Waals surface area contributed by atoms with Crippen LogP contribution in [0.5, 0.6) is 0 Å². The molecule has 0 aliphatic rings. The van der Waals surface area contributed by atoms with E-state index in [9.17, 15) is 0 Å². The maximum absolute atomic E-state index is 4.47. The molecule has 3 nitrogen and oxygen atoms in total. The Kier molecular flexibility index (Phi) is 4.15. The molecule has 0 fully saturated rings. The van der Waals surface area contributed by atoms with Crippen molar-refractivity contribution in [3.8, 4) is 0 Å². The third kappa shape index (κ3) is 2.86. The topological polar surface area (TPSA) is 29.9 Å². The van der Waals surface area contributed by atoms with Crippen LogP contribution in [0, 0.1) is 0 Å². The highest BCUT2D eigenvalue weighted by molar-refractivity contribution is 5.78. The van der Waals surface area contributed by atoms with E-state index in [2.05, 4.69) is 53.2 Å². The Morgan fingerprint density at radius 1 is 1.29 bits per heavy atom. The molecule has 2 rings (SSSR count). The van der Waals surface area contributed by atoms with Crippen molar-refractivity contribution in [2.45, 2.75) is 39.3 Å². The molecule has 0 aliphatic carbocycles. The smallest absolute Gasteiger partial charge is 0.0683 e. The normalized spacial score (nSPS) is 13.1. The summed E-state index contributed by atoms with van der Waals surface area (Å²) in [5, 5.41) is 9.25. The molecule has 0 saturated carbocycles. The summed E-state index contributed by atoms with van der Waals surface area (Å²) in [4.78, 5) is 0. The van der Waals surface area contributed by atoms with Gasteiger partial charge < -0.3 is 5.32 Å². The molecule has 92 valence electrons. The molecule has 0 saturated heterocycles. The molecule has 1 atom stereocenters. The zero-order valence-corrected chi connectivity index (χ0v) is 10.7. The van der Waals surface area contributed by atoms with Crippen LogP contribution < -0.4 is 5.32 Å². The van der Waals surface area contributed by atoms with E-state index in [-0.39, 0.29) is 0 Å². The van der Waals surface area contributed by atoms with E-state index in [1.54, 1.807) is 0 Å². The van der Waals surface area contributed by atoms with Crippen LogP contribution in [0.3, 0.4) is 0 Å². The van der Waals surface area contributed by atoms with Gasteiger partial charge >= 0.3 is 0 Å². The Morgan fingerprint density at radius 2 is 2.12 bits per heavy atom. The van der Waals surface area contributed by atoms with Gasteiger partial charge in [-0.3, -0.25) is 4.68 Å². The zero-order chi connectivity index (χ0) is 12.1. The minimum Gasteiger partial charge on any atom is -0.312 e. The minimum absolute atomic E-state index is 0.512. The van der Waals surface area contributed by atoms with Crippen LogP contribution in [0.4, 0.5) is 0 Å². The standard InChI is InChI=1S/C14H21N3/c1-3-9-15-13(4-2)11-17-14-8-6-5-7-12(14)10-16-17/h5-8,10,13,15H,3-4,9,11H2,1-2H3. The first-order chi connectivity index (χ1) is 8.35. The fourth-order valence-corrected chi connectivity index (χ4v) is 2.07. The summed E-state index contributed by atoms with van der Waals surface area (Å²) >= 11 is 0. The Bertz CT molecular complexity index is 461. The second-order valence-corrected chi connectivity index (χ2v) is 4.44. The van der Waals surface area contributed by atoms with Gasteiger partial charge in [0.05, 0.1) is 18.3 Å². The van der Waals surface area contributed by atoms with E-state index in [1.807, 2.05) is 6.20 Å². The molecule has 1 aromatic heterocycles. The second-order valence-electron chi connectivity index (χ2n) is 4.44. The maximum Gasteiger partial charge on any atom is 0.0683 e. The van der Waals surface area contributed by atoms with Crippen molar-refractivity contribution in [1.29, 1.82) is 0 Å². The van der Waals surface area contributed by atoms with Crippen LogP contribution in [0.15, 0.2) is 30.5 Å². The first-order valence-corrected chi connectivity index (χ1v) is 6.49. The summed E-state index contributed by atoms with van der Waals surface area (Å²) in [5.74, 6) is 0. The summed E-state index contributed by atoms with van der Waals surface area (Å²) in [5.41, 5.74) is 1.23. The largest absolute Gasteiger partial charge is 0.312 e. The predicted molar refractivity (Wildman–Crippen MR) is 72.1 cm³/mol. The lowest BCUT2D eigenvalue weighted by Crippen LogP contribution is -2.33. The Hall–Kier alpha value is -1.35. The van der Waals surface area contributed by atoms with Gasteiger partial charge in [0.2, 0.25) is 0 Å². The highest BCUT2D eigenvalue weighted by Crippen LogP contribution is 2.13. The molecule has 17 heavy (non-hydrogen) atoms. The summed E-state index contributed by atoms with van der Waals surface area (Å²) in [6.45, 7) is 6.45. The van der Waals surface area contributed by atoms with Gasteiger partial charge in [-0.2, -0.15) is 5.10 Å². The van der Waals surface area contributed by atoms with Crippen LogP contribution in [-0.2, 0) is 6.54 Å². The molecule has 0 aliphatic heterocycles. The van der Waals surface area contributed by atoms with E-state index in [0.717, 1.165) is 19.5 Å². The Labute approximate surface area is 103 Å². The van der Waals surface area contributed by atoms with Gasteiger partial charge in [0.15, 0.2) is 0 Å². The number of hydrogen-bond donors (Lipinski definition) is 1. The number of nitrogens with one attached hydrogen (secondary N) is 1. The Morgan fingerprint density at radius 3 is 2.88 bits per heavy atom. The van der Waals surface area contributed by atoms with Crippen LogP contribution in [-0.4, -0.2) is 22.4 Å². The maximum atomic E-state index is 4.47. The number of fused-ring (bicyclic) bond motifs is 1. The van der Waals surface area contributed by atoms with E-state index < -0.39 is 0 Å². The quantitative estimate of drug-likeness (QED) is 0.828. The average Bonchev–Trinajstić information content (AvgIpc) is 2.78. The number of para-hydroxylation sites is 1. The number of hydrogen-bond acceptors (Lipinski definition) is 2. The van der Waals surface area contributed by atoms with Gasteiger partial charge in [0.25, 0.3) is 0 Å². The molecule has 1 heterocycles. The second kappa shape index (κ2) is 5.82. The van der Waals surface area contributed by atoms with E-state index >= 15 is 0 Å². The molecule has 0 bridgehead atoms. The number of aromatic nitrogens is 2. The molecule has 2 aromatic rings. The number of benzene rings is 1. The van der Waals surface area contributed by atoms with Gasteiger partial charge in [-0.15, -0.1) is 0 Å². The molecule has 1 unspecified atom stereocenters. The van der Waals surface area contributed by atoms with E-state index in [4.69, 9.17) is 0 Å². The minimum atomic E-state index is 0.512. The van der Waals surface area contributed by atoms with Crippen molar-refractivity contribution in [2.75, 3.05) is 6.54 Å². The predicted octanol–water partition coefficient (Wildman–Crippen LogP) is 2.81. The monoisotopic (exact) mass is 231 g/mol. The van der Waals surface area contributed by atoms with Crippen LogP contribution in [0.1, 0.15) is 26.7 Å². The van der Waals surface area contributed by atoms with Gasteiger partial charge in [-0.05, 0) is 25.5 Å². The van der Waals surface area contributed by atoms with Crippen molar-refractivity contribution >= 4 is 10.9 Å². The summed E-state index contributed by atoms with van der Waals surface area (Å²) in [6.07, 6.45) is 4.26. The van der Waals surface area contributed by atoms with Crippen molar-refractivity contribution in [3.63, 3.8) is 0 Å².